The molecule has 2 aliphatic rings. The number of aromatic nitrogens is 8. The van der Waals surface area contributed by atoms with Crippen molar-refractivity contribution in [2.24, 2.45) is 0 Å². The van der Waals surface area contributed by atoms with Crippen molar-refractivity contribution in [2.45, 2.75) is 0 Å². The van der Waals surface area contributed by atoms with E-state index in [4.69, 9.17) is 47.4 Å². The minimum absolute atomic E-state index is 0. The van der Waals surface area contributed by atoms with Gasteiger partial charge in [-0.15, -0.1) is 0 Å². The van der Waals surface area contributed by atoms with Gasteiger partial charge in [-0.05, 0) is 0 Å². The van der Waals surface area contributed by atoms with Crippen molar-refractivity contribution in [3.05, 3.63) is 97.1 Å². The van der Waals surface area contributed by atoms with Gasteiger partial charge in [0.2, 0.25) is 0 Å². The number of fused-ring (bicyclic) bond motifs is 20. The Kier molecular flexibility index (Phi) is 7.14. The zero-order chi connectivity index (χ0) is 30.7. The Labute approximate surface area is 270 Å². The summed E-state index contributed by atoms with van der Waals surface area (Å²) in [6.07, 6.45) is 0. The van der Waals surface area contributed by atoms with Crippen molar-refractivity contribution in [2.75, 3.05) is 0 Å². The molecule has 2 aliphatic heterocycles. The Hall–Kier alpha value is -5.38. The van der Waals surface area contributed by atoms with Crippen molar-refractivity contribution in [1.82, 2.24) is 39.9 Å². The first kappa shape index (κ1) is 29.3. The smallest absolute Gasteiger partial charge is 0.759 e. The van der Waals surface area contributed by atoms with Crippen molar-refractivity contribution in [3.8, 4) is 45.6 Å². The van der Waals surface area contributed by atoms with Gasteiger partial charge in [0, 0.05) is 54.2 Å². The molecule has 0 aliphatic carbocycles. The van der Waals surface area contributed by atoms with Crippen LogP contribution in [0.2, 0.25) is 0 Å². The molecule has 9 rings (SSSR count). The van der Waals surface area contributed by atoms with E-state index in [1.165, 1.54) is 0 Å². The number of hydrogen-bond acceptors (Lipinski definition) is 10. The predicted molar refractivity (Wildman–Crippen MR) is 167 cm³/mol. The number of H-pyrrole nitrogens is 2. The Balaban J connectivity index is 0.000000526. The van der Waals surface area contributed by atoms with Gasteiger partial charge in [-0.1, -0.05) is 97.1 Å². The van der Waals surface area contributed by atoms with Crippen molar-refractivity contribution in [3.63, 3.8) is 0 Å². The van der Waals surface area contributed by atoms with E-state index >= 15 is 0 Å². The van der Waals surface area contributed by atoms with Crippen LogP contribution in [0, 0.1) is 0 Å². The van der Waals surface area contributed by atoms with E-state index in [0.29, 0.717) is 45.9 Å². The van der Waals surface area contributed by atoms with Crippen LogP contribution in [0.5, 0.6) is 0 Å². The van der Waals surface area contributed by atoms with E-state index in [-0.39, 0.29) is 16.8 Å². The largest absolute Gasteiger partial charge is 2.00 e. The van der Waals surface area contributed by atoms with E-state index in [2.05, 4.69) is 9.97 Å². The second-order valence-corrected chi connectivity index (χ2v) is 11.0. The molecular formula is C32H18CoN8O4S. The molecule has 1 radical (unpaired) electrons. The maximum Gasteiger partial charge on any atom is 2.00 e. The van der Waals surface area contributed by atoms with Crippen molar-refractivity contribution < 1.29 is 34.3 Å². The second kappa shape index (κ2) is 11.2. The molecule has 2 N–H and O–H groups in total. The molecule has 3 aromatic heterocycles. The van der Waals surface area contributed by atoms with E-state index in [0.717, 1.165) is 43.8 Å². The monoisotopic (exact) mass is 669 g/mol. The zero-order valence-electron chi connectivity index (χ0n) is 23.3. The van der Waals surface area contributed by atoms with Crippen LogP contribution in [0.3, 0.4) is 0 Å². The number of rotatable bonds is 0. The van der Waals surface area contributed by atoms with Crippen molar-refractivity contribution in [1.29, 1.82) is 0 Å². The molecule has 225 valence electrons. The maximum atomic E-state index is 8.52. The molecule has 0 amide bonds. The molecule has 0 fully saturated rings. The van der Waals surface area contributed by atoms with E-state index in [1.807, 2.05) is 97.1 Å². The summed E-state index contributed by atoms with van der Waals surface area (Å²) in [7, 11) is -5.17. The Bertz CT molecular complexity index is 2290. The summed E-state index contributed by atoms with van der Waals surface area (Å²) in [4.78, 5) is 36.8. The first-order chi connectivity index (χ1) is 21.8. The number of nitrogens with one attached hydrogen (secondary N) is 2. The second-order valence-electron chi connectivity index (χ2n) is 10.2. The molecule has 46 heavy (non-hydrogen) atoms. The topological polar surface area (TPSA) is 189 Å². The van der Waals surface area contributed by atoms with E-state index in [9.17, 15) is 0 Å². The van der Waals surface area contributed by atoms with Gasteiger partial charge < -0.3 is 19.1 Å². The summed E-state index contributed by atoms with van der Waals surface area (Å²) in [5, 5.41) is 3.82. The van der Waals surface area contributed by atoms with Gasteiger partial charge in [0.25, 0.3) is 0 Å². The Morgan fingerprint density at radius 3 is 0.870 bits per heavy atom. The summed E-state index contributed by atoms with van der Waals surface area (Å²) in [5.41, 5.74) is 6.45. The van der Waals surface area contributed by atoms with Crippen LogP contribution >= 0.6 is 0 Å². The van der Waals surface area contributed by atoms with E-state index < -0.39 is 10.4 Å². The van der Waals surface area contributed by atoms with Crippen LogP contribution in [-0.4, -0.2) is 57.4 Å². The SMILES string of the molecule is O=S(=O)([O-])[O-].[Co+2].c1ccc2c(c1)-c1nc-2nc2[nH]c(nc3nc(nc4[nH]c(n1)c1ccccc41)-c1ccccc1-3)c1ccccc21. The molecule has 12 nitrogen and oxygen atoms in total. The number of nitrogens with zero attached hydrogens (tertiary/aromatic N) is 6. The van der Waals surface area contributed by atoms with Crippen molar-refractivity contribution >= 4 is 54.5 Å². The number of hydrogen-bond donors (Lipinski definition) is 2. The van der Waals surface area contributed by atoms with Crippen LogP contribution < -0.4 is 0 Å². The fraction of sp³-hybridized carbons (Fsp3) is 0. The minimum Gasteiger partial charge on any atom is -0.759 e. The third-order valence-corrected chi connectivity index (χ3v) is 7.46. The first-order valence-corrected chi connectivity index (χ1v) is 15.0. The minimum atomic E-state index is -5.17. The molecule has 8 bridgehead atoms. The van der Waals surface area contributed by atoms with E-state index in [1.54, 1.807) is 0 Å². The molecule has 14 heteroatoms. The third kappa shape index (κ3) is 5.19. The molecule has 5 heterocycles. The van der Waals surface area contributed by atoms with Crippen LogP contribution in [0.15, 0.2) is 97.1 Å². The molecule has 4 aromatic carbocycles. The molecule has 0 saturated carbocycles. The van der Waals surface area contributed by atoms with Crippen LogP contribution in [0.25, 0.3) is 89.7 Å². The average Bonchev–Trinajstić information content (AvgIpc) is 3.76. The summed E-state index contributed by atoms with van der Waals surface area (Å²) in [6.45, 7) is 0. The van der Waals surface area contributed by atoms with Crippen LogP contribution in [0.1, 0.15) is 0 Å². The first-order valence-electron chi connectivity index (χ1n) is 13.7. The normalized spacial score (nSPS) is 11.7. The van der Waals surface area contributed by atoms with Gasteiger partial charge >= 0.3 is 16.8 Å². The predicted octanol–water partition coefficient (Wildman–Crippen LogP) is 5.53. The number of aromatic amines is 2. The summed E-state index contributed by atoms with van der Waals surface area (Å²) < 4.78 is 34.1. The van der Waals surface area contributed by atoms with Gasteiger partial charge in [-0.2, -0.15) is 0 Å². The molecule has 0 saturated heterocycles. The molecule has 7 aromatic rings. The molecular weight excluding hydrogens is 651 g/mol. The maximum absolute atomic E-state index is 8.52. The quantitative estimate of drug-likeness (QED) is 0.153. The average molecular weight is 670 g/mol. The summed E-state index contributed by atoms with van der Waals surface area (Å²) >= 11 is 0. The Morgan fingerprint density at radius 1 is 0.413 bits per heavy atom. The third-order valence-electron chi connectivity index (χ3n) is 7.46. The zero-order valence-corrected chi connectivity index (χ0v) is 25.2. The van der Waals surface area contributed by atoms with Gasteiger partial charge in [-0.3, -0.25) is 8.42 Å². The summed E-state index contributed by atoms with van der Waals surface area (Å²) in [5.74, 6) is 2.39. The van der Waals surface area contributed by atoms with Gasteiger partial charge in [-0.25, -0.2) is 29.9 Å². The van der Waals surface area contributed by atoms with Crippen LogP contribution in [-0.2, 0) is 27.2 Å². The molecule has 0 spiro atoms. The summed E-state index contributed by atoms with van der Waals surface area (Å²) in [6, 6.07) is 32.2. The number of benzene rings is 4. The Morgan fingerprint density at radius 2 is 0.630 bits per heavy atom. The molecule has 0 unspecified atom stereocenters. The fourth-order valence-electron chi connectivity index (χ4n) is 5.59. The van der Waals surface area contributed by atoms with Gasteiger partial charge in [0.05, 0.1) is 0 Å². The van der Waals surface area contributed by atoms with Gasteiger partial charge in [0.15, 0.2) is 23.3 Å². The molecule has 0 atom stereocenters. The van der Waals surface area contributed by atoms with Gasteiger partial charge in [0.1, 0.15) is 22.6 Å². The standard InChI is InChI=1S/C32H18N8.Co.H2O4S/c1-2-10-18-17(9-1)25-33-26(18)38-28-21-13-5-6-14-22(21)30(35-28)40-32-24-16-8-7-15-23(24)31(36-32)39-29-20-12-4-3-11-19(20)27(34-29)37-25;;1-5(2,3)4/h1-16H,(H2,33,34,35,36,37,38,39,40);;(H2,1,2,3,4)/q;+2;/p-2. The fourth-order valence-corrected chi connectivity index (χ4v) is 5.59. The van der Waals surface area contributed by atoms with Crippen LogP contribution in [0.4, 0.5) is 0 Å².